The van der Waals surface area contributed by atoms with Gasteiger partial charge in [0.25, 0.3) is 5.91 Å². The Balaban J connectivity index is 2.25. The molecule has 2 aromatic carbocycles. The molecule has 0 saturated heterocycles. The van der Waals surface area contributed by atoms with Crippen LogP contribution in [0.5, 0.6) is 5.75 Å². The summed E-state index contributed by atoms with van der Waals surface area (Å²) < 4.78 is 5.36. The van der Waals surface area contributed by atoms with Crippen molar-refractivity contribution in [3.05, 3.63) is 60.2 Å². The van der Waals surface area contributed by atoms with E-state index in [-0.39, 0.29) is 0 Å². The Hall–Kier alpha value is -2.88. The number of nitrogens with zero attached hydrogens (tertiary/aromatic N) is 1. The molecule has 0 bridgehead atoms. The number of aromatic nitrogens is 1. The summed E-state index contributed by atoms with van der Waals surface area (Å²) in [5.74, 6) is 0.256. The number of fused-ring (bicyclic) bond motifs is 1. The van der Waals surface area contributed by atoms with E-state index in [0.717, 1.165) is 22.4 Å². The van der Waals surface area contributed by atoms with E-state index >= 15 is 0 Å². The maximum atomic E-state index is 11.5. The molecule has 1 amide bonds. The number of methoxy groups -OCH3 is 1. The quantitative estimate of drug-likeness (QED) is 0.801. The van der Waals surface area contributed by atoms with Crippen molar-refractivity contribution in [1.29, 1.82) is 0 Å². The average Bonchev–Trinajstić information content (AvgIpc) is 2.53. The summed E-state index contributed by atoms with van der Waals surface area (Å²) in [4.78, 5) is 16.1. The van der Waals surface area contributed by atoms with E-state index in [1.54, 1.807) is 19.2 Å². The first-order valence-corrected chi connectivity index (χ1v) is 6.53. The number of primary amides is 1. The molecule has 0 saturated carbocycles. The van der Waals surface area contributed by atoms with Crippen LogP contribution in [0.15, 0.2) is 54.6 Å². The molecule has 3 aromatic rings. The molecule has 1 aromatic heterocycles. The fourth-order valence-electron chi connectivity index (χ4n) is 2.35. The van der Waals surface area contributed by atoms with E-state index in [1.807, 2.05) is 42.5 Å². The largest absolute Gasteiger partial charge is 0.496 e. The van der Waals surface area contributed by atoms with E-state index in [0.29, 0.717) is 11.1 Å². The zero-order chi connectivity index (χ0) is 14.8. The van der Waals surface area contributed by atoms with Crippen LogP contribution in [0.3, 0.4) is 0 Å². The summed E-state index contributed by atoms with van der Waals surface area (Å²) >= 11 is 0. The number of rotatable bonds is 3. The summed E-state index contributed by atoms with van der Waals surface area (Å²) in [6.45, 7) is 0. The van der Waals surface area contributed by atoms with Crippen molar-refractivity contribution < 1.29 is 9.53 Å². The van der Waals surface area contributed by atoms with Crippen molar-refractivity contribution in [2.75, 3.05) is 7.11 Å². The Bertz CT molecular complexity index is 828. The van der Waals surface area contributed by atoms with Crippen LogP contribution in [0.4, 0.5) is 0 Å². The minimum atomic E-state index is -0.481. The molecular weight excluding hydrogens is 264 g/mol. The number of carbonyl (C=O) groups excluding carboxylic acids is 1. The first-order valence-electron chi connectivity index (χ1n) is 6.53. The summed E-state index contributed by atoms with van der Waals surface area (Å²) in [5.41, 5.74) is 8.07. The maximum Gasteiger partial charge on any atom is 0.250 e. The highest BCUT2D eigenvalue weighted by Gasteiger charge is 2.11. The van der Waals surface area contributed by atoms with Gasteiger partial charge in [-0.3, -0.25) is 4.79 Å². The topological polar surface area (TPSA) is 65.2 Å². The molecule has 0 aliphatic heterocycles. The van der Waals surface area contributed by atoms with Gasteiger partial charge in [0.1, 0.15) is 5.75 Å². The van der Waals surface area contributed by atoms with Crippen molar-refractivity contribution in [3.8, 4) is 17.0 Å². The molecule has 2 N–H and O–H groups in total. The Kier molecular flexibility index (Phi) is 3.28. The van der Waals surface area contributed by atoms with E-state index in [2.05, 4.69) is 4.98 Å². The number of para-hydroxylation sites is 2. The number of amides is 1. The molecule has 21 heavy (non-hydrogen) atoms. The second-order valence-corrected chi connectivity index (χ2v) is 4.64. The lowest BCUT2D eigenvalue weighted by Crippen LogP contribution is -2.11. The average molecular weight is 278 g/mol. The second-order valence-electron chi connectivity index (χ2n) is 4.64. The van der Waals surface area contributed by atoms with Gasteiger partial charge >= 0.3 is 0 Å². The third-order valence-corrected chi connectivity index (χ3v) is 3.37. The predicted octanol–water partition coefficient (Wildman–Crippen LogP) is 3.01. The number of carbonyl (C=O) groups is 1. The monoisotopic (exact) mass is 278 g/mol. The summed E-state index contributed by atoms with van der Waals surface area (Å²) in [7, 11) is 1.62. The Morgan fingerprint density at radius 2 is 1.86 bits per heavy atom. The molecule has 0 aliphatic carbocycles. The molecule has 4 heteroatoms. The van der Waals surface area contributed by atoms with Crippen LogP contribution in [-0.4, -0.2) is 18.0 Å². The normalized spacial score (nSPS) is 10.5. The van der Waals surface area contributed by atoms with Gasteiger partial charge in [-0.05, 0) is 24.3 Å². The van der Waals surface area contributed by atoms with E-state index in [1.165, 1.54) is 0 Å². The third kappa shape index (κ3) is 2.31. The Morgan fingerprint density at radius 3 is 2.62 bits per heavy atom. The molecule has 0 unspecified atom stereocenters. The maximum absolute atomic E-state index is 11.5. The van der Waals surface area contributed by atoms with Gasteiger partial charge in [0.2, 0.25) is 0 Å². The molecule has 0 radical (unpaired) electrons. The minimum absolute atomic E-state index is 0.421. The fraction of sp³-hybridized carbons (Fsp3) is 0.0588. The minimum Gasteiger partial charge on any atom is -0.496 e. The van der Waals surface area contributed by atoms with Gasteiger partial charge in [-0.25, -0.2) is 4.98 Å². The number of pyridine rings is 1. The summed E-state index contributed by atoms with van der Waals surface area (Å²) in [5, 5.41) is 0.880. The van der Waals surface area contributed by atoms with Gasteiger partial charge < -0.3 is 10.5 Å². The predicted molar refractivity (Wildman–Crippen MR) is 82.2 cm³/mol. The summed E-state index contributed by atoms with van der Waals surface area (Å²) in [6, 6.07) is 16.8. The van der Waals surface area contributed by atoms with E-state index in [9.17, 15) is 4.79 Å². The highest BCUT2D eigenvalue weighted by atomic mass is 16.5. The molecule has 0 atom stereocenters. The molecule has 0 fully saturated rings. The zero-order valence-corrected chi connectivity index (χ0v) is 11.5. The van der Waals surface area contributed by atoms with Crippen LogP contribution >= 0.6 is 0 Å². The fourth-order valence-corrected chi connectivity index (χ4v) is 2.35. The van der Waals surface area contributed by atoms with Crippen LogP contribution in [-0.2, 0) is 0 Å². The standard InChI is InChI=1S/C17H14N2O2/c1-21-15-8-3-2-6-12(15)14-10-9-11-5-4-7-13(17(18)20)16(11)19-14/h2-10H,1H3,(H2,18,20). The van der Waals surface area contributed by atoms with Crippen molar-refractivity contribution >= 4 is 16.8 Å². The number of benzene rings is 2. The van der Waals surface area contributed by atoms with E-state index in [4.69, 9.17) is 10.5 Å². The third-order valence-electron chi connectivity index (χ3n) is 3.37. The molecule has 0 spiro atoms. The van der Waals surface area contributed by atoms with Crippen molar-refractivity contribution in [1.82, 2.24) is 4.98 Å². The van der Waals surface area contributed by atoms with Gasteiger partial charge in [0.15, 0.2) is 0 Å². The number of nitrogens with two attached hydrogens (primary N) is 1. The zero-order valence-electron chi connectivity index (χ0n) is 11.5. The second kappa shape index (κ2) is 5.25. The lowest BCUT2D eigenvalue weighted by atomic mass is 10.1. The van der Waals surface area contributed by atoms with Crippen molar-refractivity contribution in [3.63, 3.8) is 0 Å². The van der Waals surface area contributed by atoms with Crippen LogP contribution in [0.2, 0.25) is 0 Å². The number of hydrogen-bond donors (Lipinski definition) is 1. The van der Waals surface area contributed by atoms with Crippen LogP contribution in [0, 0.1) is 0 Å². The van der Waals surface area contributed by atoms with E-state index < -0.39 is 5.91 Å². The lowest BCUT2D eigenvalue weighted by molar-refractivity contribution is 0.100. The van der Waals surface area contributed by atoms with Gasteiger partial charge in [-0.15, -0.1) is 0 Å². The lowest BCUT2D eigenvalue weighted by Gasteiger charge is -2.09. The van der Waals surface area contributed by atoms with Crippen LogP contribution in [0.1, 0.15) is 10.4 Å². The molecule has 3 rings (SSSR count). The first kappa shape index (κ1) is 13.1. The SMILES string of the molecule is COc1ccccc1-c1ccc2cccc(C(N)=O)c2n1. The number of ether oxygens (including phenoxy) is 1. The van der Waals surface area contributed by atoms with Crippen LogP contribution < -0.4 is 10.5 Å². The van der Waals surface area contributed by atoms with Gasteiger partial charge in [-0.1, -0.05) is 30.3 Å². The van der Waals surface area contributed by atoms with Gasteiger partial charge in [0.05, 0.1) is 23.9 Å². The molecule has 0 aliphatic rings. The summed E-state index contributed by atoms with van der Waals surface area (Å²) in [6.07, 6.45) is 0. The van der Waals surface area contributed by atoms with Gasteiger partial charge in [0, 0.05) is 10.9 Å². The molecular formula is C17H14N2O2. The Labute approximate surface area is 122 Å². The number of hydrogen-bond acceptors (Lipinski definition) is 3. The molecule has 4 nitrogen and oxygen atoms in total. The van der Waals surface area contributed by atoms with Crippen LogP contribution in [0.25, 0.3) is 22.2 Å². The highest BCUT2D eigenvalue weighted by Crippen LogP contribution is 2.30. The first-order chi connectivity index (χ1) is 10.2. The Morgan fingerprint density at radius 1 is 1.05 bits per heavy atom. The molecule has 1 heterocycles. The van der Waals surface area contributed by atoms with Crippen molar-refractivity contribution in [2.45, 2.75) is 0 Å². The smallest absolute Gasteiger partial charge is 0.250 e. The van der Waals surface area contributed by atoms with Gasteiger partial charge in [-0.2, -0.15) is 0 Å². The molecule has 104 valence electrons. The van der Waals surface area contributed by atoms with Crippen molar-refractivity contribution in [2.24, 2.45) is 5.73 Å². The highest BCUT2D eigenvalue weighted by molar-refractivity contribution is 6.05.